The van der Waals surface area contributed by atoms with Crippen molar-refractivity contribution in [3.8, 4) is 0 Å². The van der Waals surface area contributed by atoms with E-state index in [1.54, 1.807) is 6.07 Å². The van der Waals surface area contributed by atoms with Gasteiger partial charge < -0.3 is 14.8 Å². The van der Waals surface area contributed by atoms with Crippen molar-refractivity contribution in [1.29, 1.82) is 0 Å². The zero-order valence-electron chi connectivity index (χ0n) is 18.4. The van der Waals surface area contributed by atoms with Gasteiger partial charge in [0.25, 0.3) is 0 Å². The predicted molar refractivity (Wildman–Crippen MR) is 129 cm³/mol. The molecule has 3 aromatic carbocycles. The minimum absolute atomic E-state index is 0. The first-order chi connectivity index (χ1) is 15.2. The third-order valence-corrected chi connectivity index (χ3v) is 6.10. The Labute approximate surface area is 196 Å². The number of carbonyl (C=O) groups is 1. The summed E-state index contributed by atoms with van der Waals surface area (Å²) in [7, 11) is 1.41. The molecule has 0 bridgehead atoms. The zero-order valence-corrected chi connectivity index (χ0v) is 19.2. The largest absolute Gasteiger partial charge is 0.465 e. The van der Waals surface area contributed by atoms with E-state index in [-0.39, 0.29) is 23.8 Å². The molecule has 1 aliphatic heterocycles. The topological polar surface area (TPSA) is 47.6 Å². The van der Waals surface area contributed by atoms with Gasteiger partial charge in [-0.25, -0.2) is 4.79 Å². The zero-order chi connectivity index (χ0) is 21.5. The number of hydrogen-bond acceptors (Lipinski definition) is 4. The van der Waals surface area contributed by atoms with Crippen LogP contribution in [0.3, 0.4) is 0 Å². The normalized spacial score (nSPS) is 17.2. The van der Waals surface area contributed by atoms with Crippen molar-refractivity contribution < 1.29 is 14.3 Å². The van der Waals surface area contributed by atoms with Crippen LogP contribution >= 0.6 is 12.4 Å². The maximum absolute atomic E-state index is 11.7. The minimum atomic E-state index is -0.303. The van der Waals surface area contributed by atoms with Crippen LogP contribution in [0.4, 0.5) is 0 Å². The number of hydrogen-bond donors (Lipinski definition) is 1. The fourth-order valence-electron chi connectivity index (χ4n) is 4.55. The molecular weight excluding hydrogens is 422 g/mol. The second-order valence-corrected chi connectivity index (χ2v) is 8.07. The smallest absolute Gasteiger partial charge is 0.337 e. The summed E-state index contributed by atoms with van der Waals surface area (Å²) in [6, 6.07) is 27.0. The van der Waals surface area contributed by atoms with E-state index in [0.717, 1.165) is 31.5 Å². The Morgan fingerprint density at radius 3 is 2.62 bits per heavy atom. The average molecular weight is 452 g/mol. The van der Waals surface area contributed by atoms with Gasteiger partial charge in [0.2, 0.25) is 0 Å². The van der Waals surface area contributed by atoms with E-state index in [9.17, 15) is 4.79 Å². The van der Waals surface area contributed by atoms with E-state index in [0.29, 0.717) is 18.8 Å². The van der Waals surface area contributed by atoms with Crippen LogP contribution in [0.1, 0.15) is 45.5 Å². The SMILES string of the molecule is COC(=O)c1cccc(CNCCCC2(c3ccccc3)COCc3ccccc32)c1.Cl. The molecule has 32 heavy (non-hydrogen) atoms. The first kappa shape index (κ1) is 24.0. The molecule has 168 valence electrons. The van der Waals surface area contributed by atoms with E-state index in [2.05, 4.69) is 59.9 Å². The standard InChI is InChI=1S/C27H29NO3.ClH/c1-30-26(29)22-11-7-9-21(17-22)18-28-16-8-15-27(24-12-3-2-4-13-24)20-31-19-23-10-5-6-14-25(23)27;/h2-7,9-14,17,28H,8,15-16,18-20H2,1H3;1H. The summed E-state index contributed by atoms with van der Waals surface area (Å²) in [5.74, 6) is -0.303. The Balaban J connectivity index is 0.00000289. The molecule has 4 nitrogen and oxygen atoms in total. The number of fused-ring (bicyclic) bond motifs is 1. The Morgan fingerprint density at radius 1 is 1.03 bits per heavy atom. The van der Waals surface area contributed by atoms with Crippen LogP contribution in [-0.2, 0) is 28.0 Å². The lowest BCUT2D eigenvalue weighted by atomic mass is 9.69. The van der Waals surface area contributed by atoms with E-state index in [1.165, 1.54) is 23.8 Å². The highest BCUT2D eigenvalue weighted by Crippen LogP contribution is 2.41. The molecule has 0 radical (unpaired) electrons. The van der Waals surface area contributed by atoms with Crippen molar-refractivity contribution >= 4 is 18.4 Å². The van der Waals surface area contributed by atoms with Crippen molar-refractivity contribution in [3.63, 3.8) is 0 Å². The monoisotopic (exact) mass is 451 g/mol. The summed E-state index contributed by atoms with van der Waals surface area (Å²) in [6.45, 7) is 2.99. The molecule has 1 aliphatic rings. The minimum Gasteiger partial charge on any atom is -0.465 e. The molecule has 0 aromatic heterocycles. The molecule has 0 amide bonds. The third-order valence-electron chi connectivity index (χ3n) is 6.10. The average Bonchev–Trinajstić information content (AvgIpc) is 2.84. The number of benzene rings is 3. The maximum atomic E-state index is 11.7. The van der Waals surface area contributed by atoms with Gasteiger partial charge in [-0.15, -0.1) is 12.4 Å². The van der Waals surface area contributed by atoms with Crippen molar-refractivity contribution in [3.05, 3.63) is 107 Å². The number of carbonyl (C=O) groups excluding carboxylic acids is 1. The molecule has 0 fully saturated rings. The first-order valence-electron chi connectivity index (χ1n) is 10.8. The molecule has 1 N–H and O–H groups in total. The second-order valence-electron chi connectivity index (χ2n) is 8.07. The Bertz CT molecular complexity index is 1020. The third kappa shape index (κ3) is 5.21. The van der Waals surface area contributed by atoms with E-state index < -0.39 is 0 Å². The maximum Gasteiger partial charge on any atom is 0.337 e. The van der Waals surface area contributed by atoms with Crippen LogP contribution in [0.25, 0.3) is 0 Å². The van der Waals surface area contributed by atoms with Gasteiger partial charge in [0.05, 0.1) is 25.9 Å². The molecule has 1 atom stereocenters. The number of methoxy groups -OCH3 is 1. The van der Waals surface area contributed by atoms with Crippen molar-refractivity contribution in [2.75, 3.05) is 20.3 Å². The summed E-state index contributed by atoms with van der Waals surface area (Å²) in [5, 5.41) is 3.53. The summed E-state index contributed by atoms with van der Waals surface area (Å²) in [6.07, 6.45) is 2.02. The predicted octanol–water partition coefficient (Wildman–Crippen LogP) is 5.28. The van der Waals surface area contributed by atoms with Crippen LogP contribution in [0.2, 0.25) is 0 Å². The molecule has 0 aliphatic carbocycles. The molecular formula is C27H30ClNO3. The number of halogens is 1. The molecule has 3 aromatic rings. The number of rotatable bonds is 8. The van der Waals surface area contributed by atoms with Gasteiger partial charge in [-0.3, -0.25) is 0 Å². The van der Waals surface area contributed by atoms with Gasteiger partial charge in [0, 0.05) is 12.0 Å². The highest BCUT2D eigenvalue weighted by Gasteiger charge is 2.38. The van der Waals surface area contributed by atoms with Crippen LogP contribution in [0, 0.1) is 0 Å². The summed E-state index contributed by atoms with van der Waals surface area (Å²) >= 11 is 0. The van der Waals surface area contributed by atoms with Gasteiger partial charge in [-0.2, -0.15) is 0 Å². The van der Waals surface area contributed by atoms with Crippen molar-refractivity contribution in [1.82, 2.24) is 5.32 Å². The fraction of sp³-hybridized carbons (Fsp3) is 0.296. The molecule has 0 saturated heterocycles. The van der Waals surface area contributed by atoms with Gasteiger partial charge >= 0.3 is 5.97 Å². The highest BCUT2D eigenvalue weighted by atomic mass is 35.5. The van der Waals surface area contributed by atoms with Crippen molar-refractivity contribution in [2.24, 2.45) is 0 Å². The lowest BCUT2D eigenvalue weighted by Crippen LogP contribution is -2.38. The van der Waals surface area contributed by atoms with E-state index in [4.69, 9.17) is 9.47 Å². The summed E-state index contributed by atoms with van der Waals surface area (Å²) in [4.78, 5) is 11.7. The van der Waals surface area contributed by atoms with Crippen LogP contribution in [-0.4, -0.2) is 26.2 Å². The molecule has 1 heterocycles. The fourth-order valence-corrected chi connectivity index (χ4v) is 4.55. The first-order valence-corrected chi connectivity index (χ1v) is 10.8. The van der Waals surface area contributed by atoms with Crippen LogP contribution in [0.15, 0.2) is 78.9 Å². The van der Waals surface area contributed by atoms with E-state index >= 15 is 0 Å². The van der Waals surface area contributed by atoms with Crippen LogP contribution in [0.5, 0.6) is 0 Å². The van der Waals surface area contributed by atoms with Gasteiger partial charge in [0.1, 0.15) is 0 Å². The number of esters is 1. The highest BCUT2D eigenvalue weighted by molar-refractivity contribution is 5.89. The lowest BCUT2D eigenvalue weighted by molar-refractivity contribution is 0.0600. The molecule has 1 unspecified atom stereocenters. The molecule has 4 rings (SSSR count). The summed E-state index contributed by atoms with van der Waals surface area (Å²) in [5.41, 5.74) is 5.52. The Hall–Kier alpha value is -2.66. The molecule has 5 heteroatoms. The van der Waals surface area contributed by atoms with E-state index in [1.807, 2.05) is 18.2 Å². The molecule has 0 spiro atoms. The number of ether oxygens (including phenoxy) is 2. The Kier molecular flexibility index (Phi) is 8.46. The quantitative estimate of drug-likeness (QED) is 0.374. The van der Waals surface area contributed by atoms with Gasteiger partial charge in [-0.1, -0.05) is 66.7 Å². The van der Waals surface area contributed by atoms with Gasteiger partial charge in [0.15, 0.2) is 0 Å². The lowest BCUT2D eigenvalue weighted by Gasteiger charge is -2.40. The molecule has 0 saturated carbocycles. The second kappa shape index (κ2) is 11.3. The summed E-state index contributed by atoms with van der Waals surface area (Å²) < 4.78 is 10.9. The Morgan fingerprint density at radius 2 is 1.81 bits per heavy atom. The van der Waals surface area contributed by atoms with Crippen LogP contribution < -0.4 is 5.32 Å². The van der Waals surface area contributed by atoms with Gasteiger partial charge in [-0.05, 0) is 53.8 Å². The number of nitrogens with one attached hydrogen (secondary N) is 1. The van der Waals surface area contributed by atoms with Crippen molar-refractivity contribution in [2.45, 2.75) is 31.4 Å².